The van der Waals surface area contributed by atoms with Crippen molar-refractivity contribution in [3.63, 3.8) is 0 Å². The molecule has 1 aromatic heterocycles. The van der Waals surface area contributed by atoms with E-state index in [9.17, 15) is 18.0 Å². The van der Waals surface area contributed by atoms with E-state index in [-0.39, 0.29) is 28.9 Å². The molecule has 3 heterocycles. The zero-order valence-corrected chi connectivity index (χ0v) is 20.7. The standard InChI is InChI=1S/C25H34N4O4S/c1-3-19-6-4-8-21(14-19)27-24(30)20-7-5-11-29(17-20)34(32,33)22-15-23(26-16-22)25(31)28-12-9-18(2)10-13-28/h4,6,8,14-16,18,20,26H,3,5,7,9-13,17H2,1-2H3,(H,27,30). The smallest absolute Gasteiger partial charge is 0.270 e. The van der Waals surface area contributed by atoms with Crippen LogP contribution in [-0.4, -0.2) is 60.6 Å². The first-order chi connectivity index (χ1) is 16.3. The molecule has 0 aliphatic carbocycles. The number of sulfonamides is 1. The number of aromatic amines is 1. The predicted octanol–water partition coefficient (Wildman–Crippen LogP) is 3.49. The number of hydrogen-bond donors (Lipinski definition) is 2. The monoisotopic (exact) mass is 486 g/mol. The summed E-state index contributed by atoms with van der Waals surface area (Å²) >= 11 is 0. The average Bonchev–Trinajstić information content (AvgIpc) is 3.35. The number of anilines is 1. The fourth-order valence-electron chi connectivity index (χ4n) is 4.67. The lowest BCUT2D eigenvalue weighted by atomic mass is 9.98. The topological polar surface area (TPSA) is 103 Å². The minimum atomic E-state index is -3.81. The van der Waals surface area contributed by atoms with Crippen molar-refractivity contribution in [3.8, 4) is 0 Å². The molecule has 2 N–H and O–H groups in total. The Morgan fingerprint density at radius 2 is 1.88 bits per heavy atom. The Morgan fingerprint density at radius 1 is 1.12 bits per heavy atom. The highest BCUT2D eigenvalue weighted by molar-refractivity contribution is 7.89. The number of piperidine rings is 2. The summed E-state index contributed by atoms with van der Waals surface area (Å²) in [6, 6.07) is 9.12. The summed E-state index contributed by atoms with van der Waals surface area (Å²) < 4.78 is 28.0. The molecule has 2 aliphatic heterocycles. The second kappa shape index (κ2) is 10.3. The zero-order chi connectivity index (χ0) is 24.3. The first kappa shape index (κ1) is 24.5. The van der Waals surface area contributed by atoms with Crippen LogP contribution in [0.4, 0.5) is 5.69 Å². The molecule has 2 amide bonds. The van der Waals surface area contributed by atoms with Crippen molar-refractivity contribution < 1.29 is 18.0 Å². The van der Waals surface area contributed by atoms with Gasteiger partial charge in [-0.05, 0) is 61.8 Å². The molecule has 0 radical (unpaired) electrons. The van der Waals surface area contributed by atoms with Gasteiger partial charge in [-0.3, -0.25) is 9.59 Å². The summed E-state index contributed by atoms with van der Waals surface area (Å²) in [6.45, 7) is 6.08. The van der Waals surface area contributed by atoms with Gasteiger partial charge >= 0.3 is 0 Å². The van der Waals surface area contributed by atoms with Crippen molar-refractivity contribution in [1.82, 2.24) is 14.2 Å². The fourth-order valence-corrected chi connectivity index (χ4v) is 6.18. The summed E-state index contributed by atoms with van der Waals surface area (Å²) in [5.74, 6) is -0.163. The van der Waals surface area contributed by atoms with E-state index >= 15 is 0 Å². The van der Waals surface area contributed by atoms with Crippen LogP contribution in [0.25, 0.3) is 0 Å². The minimum Gasteiger partial charge on any atom is -0.356 e. The van der Waals surface area contributed by atoms with Gasteiger partial charge in [-0.1, -0.05) is 26.0 Å². The third-order valence-corrected chi connectivity index (χ3v) is 8.80. The lowest BCUT2D eigenvalue weighted by Crippen LogP contribution is -2.43. The summed E-state index contributed by atoms with van der Waals surface area (Å²) in [6.07, 6.45) is 5.41. The first-order valence-electron chi connectivity index (χ1n) is 12.2. The van der Waals surface area contributed by atoms with Crippen molar-refractivity contribution in [2.45, 2.75) is 50.8 Å². The summed E-state index contributed by atoms with van der Waals surface area (Å²) in [5.41, 5.74) is 2.14. The molecule has 2 fully saturated rings. The zero-order valence-electron chi connectivity index (χ0n) is 19.9. The number of likely N-dealkylation sites (tertiary alicyclic amines) is 1. The molecule has 1 atom stereocenters. The average molecular weight is 487 g/mol. The van der Waals surface area contributed by atoms with E-state index in [0.29, 0.717) is 38.4 Å². The van der Waals surface area contributed by atoms with Crippen LogP contribution in [0, 0.1) is 11.8 Å². The number of nitrogens with one attached hydrogen (secondary N) is 2. The highest BCUT2D eigenvalue weighted by Crippen LogP contribution is 2.26. The van der Waals surface area contributed by atoms with E-state index in [1.807, 2.05) is 24.3 Å². The fraction of sp³-hybridized carbons (Fsp3) is 0.520. The second-order valence-electron chi connectivity index (χ2n) is 9.47. The van der Waals surface area contributed by atoms with Crippen LogP contribution >= 0.6 is 0 Å². The molecule has 2 aromatic rings. The van der Waals surface area contributed by atoms with Crippen molar-refractivity contribution in [2.24, 2.45) is 11.8 Å². The van der Waals surface area contributed by atoms with Crippen LogP contribution in [-0.2, 0) is 21.2 Å². The van der Waals surface area contributed by atoms with Crippen LogP contribution in [0.15, 0.2) is 41.4 Å². The number of benzene rings is 1. The molecule has 1 unspecified atom stereocenters. The predicted molar refractivity (Wildman–Crippen MR) is 131 cm³/mol. The van der Waals surface area contributed by atoms with Gasteiger partial charge in [0.05, 0.1) is 5.92 Å². The Kier molecular flexibility index (Phi) is 7.42. The molecule has 2 saturated heterocycles. The van der Waals surface area contributed by atoms with Gasteiger partial charge in [0.15, 0.2) is 0 Å². The number of amides is 2. The van der Waals surface area contributed by atoms with E-state index in [0.717, 1.165) is 30.5 Å². The largest absolute Gasteiger partial charge is 0.356 e. The van der Waals surface area contributed by atoms with Gasteiger partial charge in [-0.2, -0.15) is 4.31 Å². The van der Waals surface area contributed by atoms with Crippen LogP contribution in [0.1, 0.15) is 55.6 Å². The molecule has 184 valence electrons. The first-order valence-corrected chi connectivity index (χ1v) is 13.6. The SMILES string of the molecule is CCc1cccc(NC(=O)C2CCCN(S(=O)(=O)c3c[nH]c(C(=O)N4CCC(C)CC4)c3)C2)c1. The number of carbonyl (C=O) groups is 2. The second-order valence-corrected chi connectivity index (χ2v) is 11.4. The van der Waals surface area contributed by atoms with E-state index in [4.69, 9.17) is 0 Å². The Labute approximate surface area is 201 Å². The van der Waals surface area contributed by atoms with Crippen molar-refractivity contribution in [1.29, 1.82) is 0 Å². The molecule has 4 rings (SSSR count). The van der Waals surface area contributed by atoms with E-state index in [1.165, 1.54) is 16.6 Å². The Balaban J connectivity index is 1.42. The van der Waals surface area contributed by atoms with Crippen LogP contribution in [0.5, 0.6) is 0 Å². The molecule has 1 aromatic carbocycles. The van der Waals surface area contributed by atoms with Crippen molar-refractivity contribution in [3.05, 3.63) is 47.8 Å². The van der Waals surface area contributed by atoms with Crippen molar-refractivity contribution in [2.75, 3.05) is 31.5 Å². The Morgan fingerprint density at radius 3 is 2.62 bits per heavy atom. The molecule has 34 heavy (non-hydrogen) atoms. The number of H-pyrrole nitrogens is 1. The van der Waals surface area contributed by atoms with Gasteiger partial charge in [0.25, 0.3) is 5.91 Å². The lowest BCUT2D eigenvalue weighted by Gasteiger charge is -2.31. The van der Waals surface area contributed by atoms with Gasteiger partial charge in [-0.15, -0.1) is 0 Å². The minimum absolute atomic E-state index is 0.0675. The molecule has 0 saturated carbocycles. The number of rotatable bonds is 6. The number of aromatic nitrogens is 1. The number of carbonyl (C=O) groups excluding carboxylic acids is 2. The number of hydrogen-bond acceptors (Lipinski definition) is 4. The normalized spacial score (nSPS) is 20.3. The number of aryl methyl sites for hydroxylation is 1. The molecule has 0 bridgehead atoms. The summed E-state index contributed by atoms with van der Waals surface area (Å²) in [5, 5.41) is 2.94. The molecule has 9 heteroatoms. The molecule has 0 spiro atoms. The number of nitrogens with zero attached hydrogens (tertiary/aromatic N) is 2. The van der Waals surface area contributed by atoms with E-state index in [2.05, 4.69) is 24.1 Å². The molecular weight excluding hydrogens is 452 g/mol. The van der Waals surface area contributed by atoms with Crippen LogP contribution < -0.4 is 5.32 Å². The van der Waals surface area contributed by atoms with Crippen LogP contribution in [0.3, 0.4) is 0 Å². The van der Waals surface area contributed by atoms with Gasteiger partial charge in [0, 0.05) is 38.1 Å². The summed E-state index contributed by atoms with van der Waals surface area (Å²) in [4.78, 5) is 30.4. The maximum absolute atomic E-state index is 13.3. The van der Waals surface area contributed by atoms with Gasteiger partial charge in [-0.25, -0.2) is 8.42 Å². The quantitative estimate of drug-likeness (QED) is 0.652. The highest BCUT2D eigenvalue weighted by Gasteiger charge is 2.34. The van der Waals surface area contributed by atoms with Crippen LogP contribution in [0.2, 0.25) is 0 Å². The Hall–Kier alpha value is -2.65. The third kappa shape index (κ3) is 5.36. The van der Waals surface area contributed by atoms with Gasteiger partial charge < -0.3 is 15.2 Å². The maximum Gasteiger partial charge on any atom is 0.270 e. The summed E-state index contributed by atoms with van der Waals surface area (Å²) in [7, 11) is -3.81. The Bertz CT molecular complexity index is 1140. The molecule has 2 aliphatic rings. The maximum atomic E-state index is 13.3. The van der Waals surface area contributed by atoms with Gasteiger partial charge in [0.1, 0.15) is 10.6 Å². The van der Waals surface area contributed by atoms with Gasteiger partial charge in [0.2, 0.25) is 15.9 Å². The third-order valence-electron chi connectivity index (χ3n) is 6.95. The molecule has 8 nitrogen and oxygen atoms in total. The van der Waals surface area contributed by atoms with E-state index in [1.54, 1.807) is 4.90 Å². The van der Waals surface area contributed by atoms with E-state index < -0.39 is 15.9 Å². The lowest BCUT2D eigenvalue weighted by molar-refractivity contribution is -0.120. The van der Waals surface area contributed by atoms with Crippen molar-refractivity contribution >= 4 is 27.5 Å². The molecular formula is C25H34N4O4S. The highest BCUT2D eigenvalue weighted by atomic mass is 32.2.